The van der Waals surface area contributed by atoms with Crippen LogP contribution in [0.3, 0.4) is 0 Å². The van der Waals surface area contributed by atoms with Gasteiger partial charge >= 0.3 is 0 Å². The fourth-order valence-corrected chi connectivity index (χ4v) is 2.54. The number of nitrogens with one attached hydrogen (secondary N) is 2. The van der Waals surface area contributed by atoms with Crippen molar-refractivity contribution in [1.82, 2.24) is 10.6 Å². The summed E-state index contributed by atoms with van der Waals surface area (Å²) in [5.41, 5.74) is 0.920. The Kier molecular flexibility index (Phi) is 8.70. The molecule has 1 heterocycles. The summed E-state index contributed by atoms with van der Waals surface area (Å²) in [6, 6.07) is 10.2. The summed E-state index contributed by atoms with van der Waals surface area (Å²) >= 11 is 1.86. The fourth-order valence-electron chi connectivity index (χ4n) is 2.11. The third-order valence-electron chi connectivity index (χ3n) is 3.27. The molecule has 0 aliphatic carbocycles. The number of fused-ring (bicyclic) bond motifs is 1. The van der Waals surface area contributed by atoms with E-state index in [2.05, 4.69) is 40.9 Å². The minimum absolute atomic E-state index is 0. The second-order valence-electron chi connectivity index (χ2n) is 4.90. The SMILES string of the molecule is CN=C(NCCCSC)NC(C)c1cc2ccccc2o1.I. The van der Waals surface area contributed by atoms with Gasteiger partial charge in [0.1, 0.15) is 11.3 Å². The van der Waals surface area contributed by atoms with Crippen molar-refractivity contribution in [1.29, 1.82) is 0 Å². The van der Waals surface area contributed by atoms with E-state index in [1.54, 1.807) is 7.05 Å². The van der Waals surface area contributed by atoms with Gasteiger partial charge in [-0.3, -0.25) is 4.99 Å². The van der Waals surface area contributed by atoms with Gasteiger partial charge in [-0.25, -0.2) is 0 Å². The zero-order valence-corrected chi connectivity index (χ0v) is 16.4. The van der Waals surface area contributed by atoms with Gasteiger partial charge < -0.3 is 15.1 Å². The molecule has 0 aliphatic heterocycles. The van der Waals surface area contributed by atoms with Crippen molar-refractivity contribution in [2.75, 3.05) is 25.6 Å². The molecular weight excluding hydrogens is 409 g/mol. The van der Waals surface area contributed by atoms with Crippen LogP contribution in [0.2, 0.25) is 0 Å². The Morgan fingerprint density at radius 2 is 2.14 bits per heavy atom. The van der Waals surface area contributed by atoms with E-state index in [4.69, 9.17) is 4.42 Å². The summed E-state index contributed by atoms with van der Waals surface area (Å²) in [5.74, 6) is 2.88. The van der Waals surface area contributed by atoms with Crippen molar-refractivity contribution in [3.05, 3.63) is 36.1 Å². The molecule has 2 N–H and O–H groups in total. The van der Waals surface area contributed by atoms with E-state index in [0.717, 1.165) is 41.4 Å². The first-order valence-electron chi connectivity index (χ1n) is 7.19. The molecule has 0 spiro atoms. The second kappa shape index (κ2) is 9.99. The number of hydrogen-bond acceptors (Lipinski definition) is 3. The van der Waals surface area contributed by atoms with E-state index in [-0.39, 0.29) is 30.0 Å². The Bertz CT molecular complexity index is 567. The summed E-state index contributed by atoms with van der Waals surface area (Å²) in [7, 11) is 1.79. The van der Waals surface area contributed by atoms with Gasteiger partial charge in [0.05, 0.1) is 6.04 Å². The van der Waals surface area contributed by atoms with Gasteiger partial charge in [0, 0.05) is 19.0 Å². The highest BCUT2D eigenvalue weighted by atomic mass is 127. The predicted octanol–water partition coefficient (Wildman–Crippen LogP) is 4.03. The van der Waals surface area contributed by atoms with Crippen LogP contribution in [0, 0.1) is 0 Å². The molecular formula is C16H24IN3OS. The van der Waals surface area contributed by atoms with Gasteiger partial charge in [-0.15, -0.1) is 24.0 Å². The predicted molar refractivity (Wildman–Crippen MR) is 108 cm³/mol. The molecule has 22 heavy (non-hydrogen) atoms. The number of benzene rings is 1. The van der Waals surface area contributed by atoms with E-state index in [0.29, 0.717) is 0 Å². The molecule has 0 aliphatic rings. The van der Waals surface area contributed by atoms with Crippen molar-refractivity contribution in [2.24, 2.45) is 4.99 Å². The fraction of sp³-hybridized carbons (Fsp3) is 0.438. The lowest BCUT2D eigenvalue weighted by atomic mass is 10.2. The molecule has 2 rings (SSSR count). The molecule has 0 radical (unpaired) electrons. The van der Waals surface area contributed by atoms with Crippen molar-refractivity contribution in [3.8, 4) is 0 Å². The van der Waals surface area contributed by atoms with Crippen molar-refractivity contribution < 1.29 is 4.42 Å². The highest BCUT2D eigenvalue weighted by Crippen LogP contribution is 2.23. The van der Waals surface area contributed by atoms with Crippen LogP contribution in [0.15, 0.2) is 39.7 Å². The molecule has 0 fully saturated rings. The molecule has 1 unspecified atom stereocenters. The highest BCUT2D eigenvalue weighted by molar-refractivity contribution is 14.0. The van der Waals surface area contributed by atoms with Crippen molar-refractivity contribution >= 4 is 52.7 Å². The summed E-state index contributed by atoms with van der Waals surface area (Å²) in [4.78, 5) is 4.25. The lowest BCUT2D eigenvalue weighted by molar-refractivity contribution is 0.488. The first kappa shape index (κ1) is 19.2. The Morgan fingerprint density at radius 1 is 1.36 bits per heavy atom. The van der Waals surface area contributed by atoms with Crippen LogP contribution in [0.1, 0.15) is 25.1 Å². The first-order valence-corrected chi connectivity index (χ1v) is 8.58. The summed E-state index contributed by atoms with van der Waals surface area (Å²) in [6.45, 7) is 3.00. The Labute approximate surface area is 153 Å². The molecule has 1 aromatic carbocycles. The second-order valence-corrected chi connectivity index (χ2v) is 5.88. The Morgan fingerprint density at radius 3 is 2.82 bits per heavy atom. The van der Waals surface area contributed by atoms with Gasteiger partial charge in [-0.2, -0.15) is 11.8 Å². The molecule has 0 saturated heterocycles. The summed E-state index contributed by atoms with van der Waals surface area (Å²) in [5, 5.41) is 7.81. The highest BCUT2D eigenvalue weighted by Gasteiger charge is 2.12. The van der Waals surface area contributed by atoms with Crippen molar-refractivity contribution in [2.45, 2.75) is 19.4 Å². The van der Waals surface area contributed by atoms with Crippen LogP contribution in [0.4, 0.5) is 0 Å². The molecule has 1 atom stereocenters. The van der Waals surface area contributed by atoms with Gasteiger partial charge in [0.25, 0.3) is 0 Å². The first-order chi connectivity index (χ1) is 10.2. The van der Waals surface area contributed by atoms with Gasteiger partial charge in [-0.05, 0) is 37.5 Å². The molecule has 0 saturated carbocycles. The quantitative estimate of drug-likeness (QED) is 0.313. The van der Waals surface area contributed by atoms with Gasteiger partial charge in [-0.1, -0.05) is 18.2 Å². The summed E-state index contributed by atoms with van der Waals surface area (Å²) in [6.07, 6.45) is 3.25. The van der Waals surface area contributed by atoms with E-state index >= 15 is 0 Å². The molecule has 6 heteroatoms. The molecule has 4 nitrogen and oxygen atoms in total. The van der Waals surface area contributed by atoms with Crippen molar-refractivity contribution in [3.63, 3.8) is 0 Å². The average molecular weight is 433 g/mol. The number of thioether (sulfide) groups is 1. The molecule has 0 bridgehead atoms. The normalized spacial score (nSPS) is 12.8. The number of aliphatic imine (C=N–C) groups is 1. The van der Waals surface area contributed by atoms with Crippen LogP contribution in [-0.4, -0.2) is 31.6 Å². The molecule has 0 amide bonds. The minimum Gasteiger partial charge on any atom is -0.459 e. The minimum atomic E-state index is 0. The zero-order chi connectivity index (χ0) is 15.1. The molecule has 2 aromatic rings. The topological polar surface area (TPSA) is 49.6 Å². The number of rotatable bonds is 6. The maximum atomic E-state index is 5.87. The molecule has 1 aromatic heterocycles. The summed E-state index contributed by atoms with van der Waals surface area (Å²) < 4.78 is 5.87. The smallest absolute Gasteiger partial charge is 0.191 e. The van der Waals surface area contributed by atoms with Gasteiger partial charge in [0.15, 0.2) is 5.96 Å². The van der Waals surface area contributed by atoms with Crippen LogP contribution >= 0.6 is 35.7 Å². The number of hydrogen-bond donors (Lipinski definition) is 2. The molecule has 122 valence electrons. The largest absolute Gasteiger partial charge is 0.459 e. The Hall–Kier alpha value is -0.890. The van der Waals surface area contributed by atoms with E-state index in [1.807, 2.05) is 30.0 Å². The number of guanidine groups is 1. The van der Waals surface area contributed by atoms with E-state index in [1.165, 1.54) is 0 Å². The average Bonchev–Trinajstić information content (AvgIpc) is 2.94. The van der Waals surface area contributed by atoms with E-state index in [9.17, 15) is 0 Å². The van der Waals surface area contributed by atoms with Crippen LogP contribution in [0.25, 0.3) is 11.0 Å². The maximum absolute atomic E-state index is 5.87. The standard InChI is InChI=1S/C16H23N3OS.HI/c1-12(19-16(17-2)18-9-6-10-21-3)15-11-13-7-4-5-8-14(13)20-15;/h4-5,7-8,11-12H,6,9-10H2,1-3H3,(H2,17,18,19);1H. The zero-order valence-electron chi connectivity index (χ0n) is 13.3. The number of furan rings is 1. The van der Waals surface area contributed by atoms with Crippen LogP contribution in [-0.2, 0) is 0 Å². The number of halogens is 1. The van der Waals surface area contributed by atoms with Crippen LogP contribution in [0.5, 0.6) is 0 Å². The Balaban J connectivity index is 0.00000242. The van der Waals surface area contributed by atoms with Gasteiger partial charge in [0.2, 0.25) is 0 Å². The van der Waals surface area contributed by atoms with Crippen LogP contribution < -0.4 is 10.6 Å². The van der Waals surface area contributed by atoms with E-state index < -0.39 is 0 Å². The number of para-hydroxylation sites is 1. The maximum Gasteiger partial charge on any atom is 0.191 e. The third kappa shape index (κ3) is 5.39. The lowest BCUT2D eigenvalue weighted by Crippen LogP contribution is -2.39. The number of nitrogens with zero attached hydrogens (tertiary/aromatic N) is 1. The monoisotopic (exact) mass is 433 g/mol. The third-order valence-corrected chi connectivity index (χ3v) is 3.96. The lowest BCUT2D eigenvalue weighted by Gasteiger charge is -2.16.